The summed E-state index contributed by atoms with van der Waals surface area (Å²) < 4.78 is 5.49. The van der Waals surface area contributed by atoms with Crippen molar-refractivity contribution in [3.05, 3.63) is 46.2 Å². The molecule has 0 aromatic heterocycles. The number of nitrogens with zero attached hydrogens (tertiary/aromatic N) is 1. The van der Waals surface area contributed by atoms with Crippen LogP contribution < -0.4 is 5.73 Å². The Bertz CT molecular complexity index is 1100. The molecule has 0 heterocycles. The Morgan fingerprint density at radius 3 is 2.05 bits per heavy atom. The van der Waals surface area contributed by atoms with E-state index in [9.17, 15) is 19.2 Å². The number of ketones is 2. The Morgan fingerprint density at radius 2 is 1.55 bits per heavy atom. The number of allylic oxidation sites excluding steroid dienone is 1. The van der Waals surface area contributed by atoms with Gasteiger partial charge in [0.25, 0.3) is 0 Å². The van der Waals surface area contributed by atoms with E-state index in [0.29, 0.717) is 23.1 Å². The van der Waals surface area contributed by atoms with Crippen LogP contribution in [0.2, 0.25) is 0 Å². The van der Waals surface area contributed by atoms with Gasteiger partial charge < -0.3 is 15.4 Å². The second-order valence-corrected chi connectivity index (χ2v) is 14.2. The molecule has 0 radical (unpaired) electrons. The summed E-state index contributed by atoms with van der Waals surface area (Å²) in [6, 6.07) is 4.13. The van der Waals surface area contributed by atoms with E-state index in [0.717, 1.165) is 30.5 Å². The number of hydrogen-bond acceptors (Lipinski definition) is 8. The van der Waals surface area contributed by atoms with Gasteiger partial charge in [0.1, 0.15) is 6.04 Å². The number of amides is 1. The first-order chi connectivity index (χ1) is 18.3. The summed E-state index contributed by atoms with van der Waals surface area (Å²) in [5.41, 5.74) is 8.09. The van der Waals surface area contributed by atoms with Crippen LogP contribution >= 0.6 is 25.3 Å². The molecule has 0 aliphatic rings. The topological polar surface area (TPSA) is 107 Å². The fourth-order valence-corrected chi connectivity index (χ4v) is 4.58. The van der Waals surface area contributed by atoms with Crippen molar-refractivity contribution in [1.82, 2.24) is 4.90 Å². The van der Waals surface area contributed by atoms with E-state index < -0.39 is 22.8 Å². The van der Waals surface area contributed by atoms with E-state index >= 15 is 0 Å². The summed E-state index contributed by atoms with van der Waals surface area (Å²) in [6.07, 6.45) is 2.99. The van der Waals surface area contributed by atoms with E-state index in [1.54, 1.807) is 25.2 Å². The Kier molecular flexibility index (Phi) is 13.7. The molecule has 0 bridgehead atoms. The molecule has 1 amide bonds. The normalized spacial score (nSPS) is 14.3. The molecule has 1 aromatic rings. The number of ether oxygens (including phenoxy) is 1. The van der Waals surface area contributed by atoms with Crippen LogP contribution in [0.15, 0.2) is 29.5 Å². The van der Waals surface area contributed by atoms with E-state index in [-0.39, 0.29) is 35.1 Å². The maximum atomic E-state index is 13.2. The van der Waals surface area contributed by atoms with Crippen molar-refractivity contribution in [2.45, 2.75) is 91.7 Å². The molecule has 7 nitrogen and oxygen atoms in total. The van der Waals surface area contributed by atoms with Gasteiger partial charge in [0.05, 0.1) is 6.61 Å². The number of rotatable bonds is 14. The van der Waals surface area contributed by atoms with Crippen LogP contribution in [0.25, 0.3) is 0 Å². The molecule has 0 spiro atoms. The van der Waals surface area contributed by atoms with Crippen molar-refractivity contribution in [2.75, 3.05) is 13.7 Å². The number of carbonyl (C=O) groups is 4. The van der Waals surface area contributed by atoms with Crippen LogP contribution in [0.4, 0.5) is 0 Å². The van der Waals surface area contributed by atoms with Gasteiger partial charge in [-0.25, -0.2) is 0 Å². The van der Waals surface area contributed by atoms with E-state index in [4.69, 9.17) is 10.5 Å². The molecule has 9 heteroatoms. The van der Waals surface area contributed by atoms with E-state index in [2.05, 4.69) is 32.2 Å². The van der Waals surface area contributed by atoms with E-state index in [1.165, 1.54) is 4.90 Å². The minimum Gasteiger partial charge on any atom is -0.464 e. The van der Waals surface area contributed by atoms with Gasteiger partial charge in [0.15, 0.2) is 11.6 Å². The van der Waals surface area contributed by atoms with Gasteiger partial charge in [-0.3, -0.25) is 19.2 Å². The molecule has 40 heavy (non-hydrogen) atoms. The number of hydrogen-bond donors (Lipinski definition) is 3. The van der Waals surface area contributed by atoms with Crippen molar-refractivity contribution >= 4 is 49.2 Å². The van der Waals surface area contributed by atoms with Gasteiger partial charge in [-0.2, -0.15) is 25.3 Å². The Hall–Kier alpha value is -2.10. The maximum absolute atomic E-state index is 13.2. The first-order valence-electron chi connectivity index (χ1n) is 13.7. The highest BCUT2D eigenvalue weighted by atomic mass is 32.2. The molecule has 0 aliphatic carbocycles. The summed E-state index contributed by atoms with van der Waals surface area (Å²) in [5, 5.41) is 0. The van der Waals surface area contributed by atoms with Gasteiger partial charge in [0.2, 0.25) is 6.41 Å². The number of nitrogens with two attached hydrogens (primary N) is 1. The van der Waals surface area contributed by atoms with Crippen molar-refractivity contribution in [1.29, 1.82) is 0 Å². The zero-order chi connectivity index (χ0) is 31.0. The molecule has 2 atom stereocenters. The van der Waals surface area contributed by atoms with Gasteiger partial charge in [-0.1, -0.05) is 60.6 Å². The minimum atomic E-state index is -0.945. The number of Topliss-reactive ketones (excluding diaryl/α,β-unsaturated/α-hetero) is 2. The van der Waals surface area contributed by atoms with Crippen LogP contribution in [0.1, 0.15) is 101 Å². The molecule has 0 fully saturated rings. The average molecular weight is 593 g/mol. The summed E-state index contributed by atoms with van der Waals surface area (Å²) in [5.74, 6) is -0.685. The van der Waals surface area contributed by atoms with Crippen LogP contribution in [0.5, 0.6) is 0 Å². The summed E-state index contributed by atoms with van der Waals surface area (Å²) in [7, 11) is 1.69. The third-order valence-corrected chi connectivity index (χ3v) is 7.43. The van der Waals surface area contributed by atoms with Crippen molar-refractivity contribution < 1.29 is 23.9 Å². The molecule has 1 aromatic carbocycles. The van der Waals surface area contributed by atoms with Gasteiger partial charge >= 0.3 is 5.97 Å². The van der Waals surface area contributed by atoms with Crippen LogP contribution in [0.3, 0.4) is 0 Å². The number of thiol groups is 2. The van der Waals surface area contributed by atoms with Crippen molar-refractivity contribution in [2.24, 2.45) is 22.5 Å². The molecular weight excluding hydrogens is 544 g/mol. The first kappa shape index (κ1) is 35.9. The molecule has 0 aliphatic heterocycles. The molecule has 1 rings (SSSR count). The minimum absolute atomic E-state index is 0.0384. The lowest BCUT2D eigenvalue weighted by molar-refractivity contribution is -0.145. The average Bonchev–Trinajstić information content (AvgIpc) is 2.86. The highest BCUT2D eigenvalue weighted by Crippen LogP contribution is 2.30. The Labute approximate surface area is 251 Å². The number of benzene rings is 1. The van der Waals surface area contributed by atoms with Crippen LogP contribution in [0, 0.1) is 16.7 Å². The fourth-order valence-electron chi connectivity index (χ4n) is 4.28. The third-order valence-electron chi connectivity index (χ3n) is 6.91. The second kappa shape index (κ2) is 15.2. The van der Waals surface area contributed by atoms with Gasteiger partial charge in [-0.05, 0) is 49.3 Å². The Morgan fingerprint density at radius 1 is 1.00 bits per heavy atom. The van der Waals surface area contributed by atoms with Crippen LogP contribution in [-0.4, -0.2) is 53.1 Å². The molecule has 0 saturated carbocycles. The number of esters is 1. The molecular formula is C31H48N2O5S2. The lowest BCUT2D eigenvalue weighted by Crippen LogP contribution is -2.35. The molecule has 0 saturated heterocycles. The first-order valence-corrected chi connectivity index (χ1v) is 14.7. The molecule has 224 valence electrons. The predicted octanol–water partition coefficient (Wildman–Crippen LogP) is 5.91. The highest BCUT2D eigenvalue weighted by Gasteiger charge is 2.31. The summed E-state index contributed by atoms with van der Waals surface area (Å²) in [4.78, 5) is 52.0. The lowest BCUT2D eigenvalue weighted by Gasteiger charge is -2.24. The predicted molar refractivity (Wildman–Crippen MR) is 168 cm³/mol. The van der Waals surface area contributed by atoms with Crippen LogP contribution in [-0.2, 0) is 20.7 Å². The van der Waals surface area contributed by atoms with Gasteiger partial charge in [0, 0.05) is 45.7 Å². The van der Waals surface area contributed by atoms with Crippen molar-refractivity contribution in [3.63, 3.8) is 0 Å². The van der Waals surface area contributed by atoms with Crippen molar-refractivity contribution in [3.8, 4) is 0 Å². The standard InChI is InChI=1S/C31H48N2O5S2/c1-19(10-13-26(39)40)22(20(2)33(9)18-34)14-15-38-29(37)25(32)17-21-11-12-23(27(35)30(3,4)5)24(16-21)28(36)31(6,7)8/h11-12,16,18-19,25-26,39-40H,10,13-15,17,32H2,1-9H3. The fraction of sp³-hybridized carbons (Fsp3) is 0.613. The highest BCUT2D eigenvalue weighted by molar-refractivity contribution is 7.99. The van der Waals surface area contributed by atoms with E-state index in [1.807, 2.05) is 48.5 Å². The summed E-state index contributed by atoms with van der Waals surface area (Å²) in [6.45, 7) is 14.9. The zero-order valence-electron chi connectivity index (χ0n) is 25.5. The quantitative estimate of drug-likeness (QED) is 0.0815. The third kappa shape index (κ3) is 10.7. The largest absolute Gasteiger partial charge is 0.464 e. The Balaban J connectivity index is 3.06. The smallest absolute Gasteiger partial charge is 0.323 e. The van der Waals surface area contributed by atoms with Gasteiger partial charge in [-0.15, -0.1) is 0 Å². The second-order valence-electron chi connectivity index (χ2n) is 12.6. The zero-order valence-corrected chi connectivity index (χ0v) is 27.3. The number of carbonyl (C=O) groups excluding carboxylic acids is 4. The molecule has 2 unspecified atom stereocenters. The summed E-state index contributed by atoms with van der Waals surface area (Å²) >= 11 is 8.67. The monoisotopic (exact) mass is 592 g/mol. The SMILES string of the molecule is CC(=C(CCOC(=O)C(N)Cc1ccc(C(=O)C(C)(C)C)c(C(=O)C(C)(C)C)c1)C(C)CCC(S)S)N(C)C=O. The molecule has 2 N–H and O–H groups in total. The maximum Gasteiger partial charge on any atom is 0.323 e. The lowest BCUT2D eigenvalue weighted by atomic mass is 9.79.